The average Bonchev–Trinajstić information content (AvgIpc) is 2.83. The number of fused-ring (bicyclic) bond motifs is 1. The zero-order valence-corrected chi connectivity index (χ0v) is 14.1. The fraction of sp³-hybridized carbons (Fsp3) is 0.556. The number of benzene rings is 1. The van der Waals surface area contributed by atoms with E-state index in [2.05, 4.69) is 5.32 Å². The monoisotopic (exact) mass is 328 g/mol. The van der Waals surface area contributed by atoms with Crippen LogP contribution in [0.1, 0.15) is 19.3 Å². The van der Waals surface area contributed by atoms with Gasteiger partial charge in [-0.2, -0.15) is 0 Å². The SMILES string of the molecule is Cn1c(=O)n(CCC(=O)N2CCC3(CC2)CNC3)c2ccccc21. The summed E-state index contributed by atoms with van der Waals surface area (Å²) >= 11 is 0. The minimum atomic E-state index is -0.0536. The molecule has 1 N–H and O–H groups in total. The number of carbonyl (C=O) groups excluding carboxylic acids is 1. The van der Waals surface area contributed by atoms with Crippen LogP contribution in [0.15, 0.2) is 29.1 Å². The van der Waals surface area contributed by atoms with Crippen LogP contribution < -0.4 is 11.0 Å². The van der Waals surface area contributed by atoms with Crippen LogP contribution in [-0.4, -0.2) is 46.1 Å². The first-order chi connectivity index (χ1) is 11.6. The molecule has 0 radical (unpaired) electrons. The topological polar surface area (TPSA) is 59.3 Å². The molecule has 2 fully saturated rings. The highest BCUT2D eigenvalue weighted by atomic mass is 16.2. The Hall–Kier alpha value is -2.08. The molecule has 128 valence electrons. The number of hydrogen-bond acceptors (Lipinski definition) is 3. The minimum Gasteiger partial charge on any atom is -0.343 e. The number of aryl methyl sites for hydroxylation is 2. The molecule has 0 unspecified atom stereocenters. The van der Waals surface area contributed by atoms with E-state index in [-0.39, 0.29) is 11.6 Å². The number of piperidine rings is 1. The second-order valence-corrected chi connectivity index (χ2v) is 7.22. The number of likely N-dealkylation sites (tertiary alicyclic amines) is 1. The molecule has 2 aliphatic rings. The Labute approximate surface area is 141 Å². The molecule has 0 aliphatic carbocycles. The van der Waals surface area contributed by atoms with Crippen molar-refractivity contribution in [2.24, 2.45) is 12.5 Å². The molecule has 1 spiro atoms. The molecule has 1 aromatic heterocycles. The highest BCUT2D eigenvalue weighted by molar-refractivity contribution is 5.78. The number of imidazole rings is 1. The molecule has 6 nitrogen and oxygen atoms in total. The number of nitrogens with one attached hydrogen (secondary N) is 1. The Morgan fingerprint density at radius 3 is 2.46 bits per heavy atom. The van der Waals surface area contributed by atoms with Gasteiger partial charge < -0.3 is 10.2 Å². The predicted molar refractivity (Wildman–Crippen MR) is 92.9 cm³/mol. The number of rotatable bonds is 3. The molecule has 2 saturated heterocycles. The zero-order chi connectivity index (χ0) is 16.7. The summed E-state index contributed by atoms with van der Waals surface area (Å²) in [6.45, 7) is 4.35. The molecule has 24 heavy (non-hydrogen) atoms. The maximum absolute atomic E-state index is 12.5. The molecule has 1 aromatic carbocycles. The van der Waals surface area contributed by atoms with Crippen molar-refractivity contribution in [3.63, 3.8) is 0 Å². The van der Waals surface area contributed by atoms with Gasteiger partial charge in [0.2, 0.25) is 5.91 Å². The van der Waals surface area contributed by atoms with E-state index in [0.717, 1.165) is 50.1 Å². The first-order valence-electron chi connectivity index (χ1n) is 8.72. The van der Waals surface area contributed by atoms with E-state index in [0.29, 0.717) is 18.4 Å². The number of amides is 1. The van der Waals surface area contributed by atoms with Crippen molar-refractivity contribution in [2.45, 2.75) is 25.8 Å². The normalized spacial score (nSPS) is 19.6. The van der Waals surface area contributed by atoms with Gasteiger partial charge in [0.05, 0.1) is 11.0 Å². The molecule has 0 atom stereocenters. The van der Waals surface area contributed by atoms with E-state index in [1.54, 1.807) is 16.2 Å². The van der Waals surface area contributed by atoms with Crippen molar-refractivity contribution in [3.8, 4) is 0 Å². The standard InChI is InChI=1S/C18H24N4O2/c1-20-14-4-2-3-5-15(14)22(17(20)24)9-6-16(23)21-10-7-18(8-11-21)12-19-13-18/h2-5,19H,6-13H2,1H3. The van der Waals surface area contributed by atoms with Crippen molar-refractivity contribution in [3.05, 3.63) is 34.7 Å². The van der Waals surface area contributed by atoms with Crippen LogP contribution in [0.4, 0.5) is 0 Å². The molecular formula is C18H24N4O2. The van der Waals surface area contributed by atoms with Crippen molar-refractivity contribution >= 4 is 16.9 Å². The summed E-state index contributed by atoms with van der Waals surface area (Å²) < 4.78 is 3.36. The van der Waals surface area contributed by atoms with Gasteiger partial charge >= 0.3 is 5.69 Å². The lowest BCUT2D eigenvalue weighted by Gasteiger charge is -2.48. The highest BCUT2D eigenvalue weighted by Crippen LogP contribution is 2.35. The Morgan fingerprint density at radius 1 is 1.17 bits per heavy atom. The summed E-state index contributed by atoms with van der Waals surface area (Å²) in [6, 6.07) is 7.73. The lowest BCUT2D eigenvalue weighted by atomic mass is 9.73. The molecule has 2 aliphatic heterocycles. The second-order valence-electron chi connectivity index (χ2n) is 7.22. The van der Waals surface area contributed by atoms with Crippen molar-refractivity contribution in [1.29, 1.82) is 0 Å². The summed E-state index contributed by atoms with van der Waals surface area (Å²) in [5.41, 5.74) is 2.20. The first kappa shape index (κ1) is 15.4. The number of carbonyl (C=O) groups is 1. The molecule has 1 amide bonds. The molecule has 0 saturated carbocycles. The van der Waals surface area contributed by atoms with Gasteiger partial charge in [-0.05, 0) is 30.4 Å². The third kappa shape index (κ3) is 2.45. The van der Waals surface area contributed by atoms with Gasteiger partial charge in [0.1, 0.15) is 0 Å². The van der Waals surface area contributed by atoms with Gasteiger partial charge in [-0.25, -0.2) is 4.79 Å². The Morgan fingerprint density at radius 2 is 1.83 bits per heavy atom. The summed E-state index contributed by atoms with van der Waals surface area (Å²) in [5, 5.41) is 3.34. The summed E-state index contributed by atoms with van der Waals surface area (Å²) in [6.07, 6.45) is 2.58. The number of aromatic nitrogens is 2. The third-order valence-electron chi connectivity index (χ3n) is 5.78. The molecule has 6 heteroatoms. The maximum atomic E-state index is 12.5. The Balaban J connectivity index is 1.43. The summed E-state index contributed by atoms with van der Waals surface area (Å²) in [5.74, 6) is 0.164. The van der Waals surface area contributed by atoms with E-state index >= 15 is 0 Å². The van der Waals surface area contributed by atoms with Gasteiger partial charge in [-0.1, -0.05) is 12.1 Å². The summed E-state index contributed by atoms with van der Waals surface area (Å²) in [4.78, 5) is 26.9. The van der Waals surface area contributed by atoms with Gasteiger partial charge in [0.25, 0.3) is 0 Å². The third-order valence-corrected chi connectivity index (χ3v) is 5.78. The highest BCUT2D eigenvalue weighted by Gasteiger charge is 2.40. The van der Waals surface area contributed by atoms with Crippen molar-refractivity contribution < 1.29 is 4.79 Å². The Kier molecular flexibility index (Phi) is 3.72. The predicted octanol–water partition coefficient (Wildman–Crippen LogP) is 0.942. The van der Waals surface area contributed by atoms with Crippen LogP contribution in [0.3, 0.4) is 0 Å². The van der Waals surface area contributed by atoms with Crippen LogP contribution in [-0.2, 0) is 18.4 Å². The molecule has 0 bridgehead atoms. The zero-order valence-electron chi connectivity index (χ0n) is 14.1. The van der Waals surface area contributed by atoms with E-state index in [9.17, 15) is 9.59 Å². The Bertz CT molecular complexity index is 821. The first-order valence-corrected chi connectivity index (χ1v) is 8.72. The van der Waals surface area contributed by atoms with E-state index < -0.39 is 0 Å². The fourth-order valence-corrected chi connectivity index (χ4v) is 4.01. The fourth-order valence-electron chi connectivity index (χ4n) is 4.01. The van der Waals surface area contributed by atoms with E-state index in [4.69, 9.17) is 0 Å². The van der Waals surface area contributed by atoms with Crippen molar-refractivity contribution in [2.75, 3.05) is 26.2 Å². The quantitative estimate of drug-likeness (QED) is 0.912. The number of nitrogens with zero attached hydrogens (tertiary/aromatic N) is 3. The average molecular weight is 328 g/mol. The van der Waals surface area contributed by atoms with E-state index in [1.807, 2.05) is 29.2 Å². The molecule has 2 aromatic rings. The number of para-hydroxylation sites is 2. The lowest BCUT2D eigenvalue weighted by molar-refractivity contribution is -0.134. The van der Waals surface area contributed by atoms with Crippen LogP contribution in [0.2, 0.25) is 0 Å². The van der Waals surface area contributed by atoms with Gasteiger partial charge in [-0.3, -0.25) is 13.9 Å². The summed E-state index contributed by atoms with van der Waals surface area (Å²) in [7, 11) is 1.78. The smallest absolute Gasteiger partial charge is 0.328 e. The molecule has 3 heterocycles. The lowest BCUT2D eigenvalue weighted by Crippen LogP contribution is -2.58. The van der Waals surface area contributed by atoms with Gasteiger partial charge in [0.15, 0.2) is 0 Å². The minimum absolute atomic E-state index is 0.0536. The van der Waals surface area contributed by atoms with E-state index in [1.165, 1.54) is 0 Å². The molecular weight excluding hydrogens is 304 g/mol. The van der Waals surface area contributed by atoms with Gasteiger partial charge in [0, 0.05) is 46.2 Å². The number of hydrogen-bond donors (Lipinski definition) is 1. The largest absolute Gasteiger partial charge is 0.343 e. The van der Waals surface area contributed by atoms with Crippen LogP contribution in [0.25, 0.3) is 11.0 Å². The van der Waals surface area contributed by atoms with Crippen LogP contribution >= 0.6 is 0 Å². The van der Waals surface area contributed by atoms with Crippen molar-refractivity contribution in [1.82, 2.24) is 19.4 Å². The molecule has 4 rings (SSSR count). The van der Waals surface area contributed by atoms with Crippen LogP contribution in [0, 0.1) is 5.41 Å². The maximum Gasteiger partial charge on any atom is 0.328 e. The second kappa shape index (κ2) is 5.77. The van der Waals surface area contributed by atoms with Gasteiger partial charge in [-0.15, -0.1) is 0 Å². The van der Waals surface area contributed by atoms with Crippen LogP contribution in [0.5, 0.6) is 0 Å².